The van der Waals surface area contributed by atoms with Crippen LogP contribution in [-0.2, 0) is 7.05 Å². The number of rotatable bonds is 3. The highest BCUT2D eigenvalue weighted by atomic mass is 16.1. The molecule has 2 aromatic heterocycles. The van der Waals surface area contributed by atoms with Crippen molar-refractivity contribution in [3.63, 3.8) is 0 Å². The van der Waals surface area contributed by atoms with E-state index in [1.54, 1.807) is 4.68 Å². The van der Waals surface area contributed by atoms with Crippen molar-refractivity contribution >= 4 is 16.9 Å². The van der Waals surface area contributed by atoms with Crippen molar-refractivity contribution in [1.82, 2.24) is 25.4 Å². The number of nitrogens with zero attached hydrogens (tertiary/aromatic N) is 3. The number of carbonyl (C=O) groups excluding carboxylic acids is 1. The van der Waals surface area contributed by atoms with E-state index >= 15 is 0 Å². The Labute approximate surface area is 117 Å². The minimum Gasteiger partial charge on any atom is -0.352 e. The van der Waals surface area contributed by atoms with E-state index in [9.17, 15) is 4.79 Å². The molecule has 0 unspecified atom stereocenters. The molecule has 1 aliphatic rings. The second-order valence-electron chi connectivity index (χ2n) is 5.44. The maximum absolute atomic E-state index is 12.3. The number of amides is 1. The third-order valence-corrected chi connectivity index (χ3v) is 3.85. The lowest BCUT2D eigenvalue weighted by atomic mass is 10.0. The van der Waals surface area contributed by atoms with E-state index in [-0.39, 0.29) is 5.91 Å². The maximum Gasteiger partial charge on any atom is 0.253 e. The Morgan fingerprint density at radius 2 is 2.20 bits per heavy atom. The smallest absolute Gasteiger partial charge is 0.253 e. The molecule has 6 nitrogen and oxygen atoms in total. The largest absolute Gasteiger partial charge is 0.352 e. The molecule has 0 aliphatic carbocycles. The zero-order valence-electron chi connectivity index (χ0n) is 12.0. The van der Waals surface area contributed by atoms with Crippen LogP contribution in [0.1, 0.15) is 21.7 Å². The number of pyridine rings is 1. The highest BCUT2D eigenvalue weighted by Gasteiger charge is 2.19. The van der Waals surface area contributed by atoms with Crippen LogP contribution in [-0.4, -0.2) is 40.3 Å². The standard InChI is InChI=1S/C14H19N5O/c1-8-12(14(20)16-7-10-5-15-6-10)4-11-9(2)18-19(3)13(11)17-8/h4,10,15H,5-7H2,1-3H3,(H,16,20). The fourth-order valence-electron chi connectivity index (χ4n) is 2.49. The lowest BCUT2D eigenvalue weighted by Crippen LogP contribution is -2.48. The van der Waals surface area contributed by atoms with Crippen LogP contribution in [0.25, 0.3) is 11.0 Å². The molecule has 2 aromatic rings. The summed E-state index contributed by atoms with van der Waals surface area (Å²) in [5, 5.41) is 11.5. The molecule has 0 saturated carbocycles. The summed E-state index contributed by atoms with van der Waals surface area (Å²) in [5.41, 5.74) is 3.10. The molecule has 3 rings (SSSR count). The van der Waals surface area contributed by atoms with Gasteiger partial charge in [-0.15, -0.1) is 0 Å². The molecule has 106 valence electrons. The minimum atomic E-state index is -0.0490. The Morgan fingerprint density at radius 1 is 1.45 bits per heavy atom. The molecule has 1 saturated heterocycles. The summed E-state index contributed by atoms with van der Waals surface area (Å²) in [6.45, 7) is 6.48. The summed E-state index contributed by atoms with van der Waals surface area (Å²) in [5.74, 6) is 0.503. The lowest BCUT2D eigenvalue weighted by Gasteiger charge is -2.27. The quantitative estimate of drug-likeness (QED) is 0.856. The Balaban J connectivity index is 1.87. The first kappa shape index (κ1) is 13.1. The number of fused-ring (bicyclic) bond motifs is 1. The molecule has 3 heterocycles. The molecule has 20 heavy (non-hydrogen) atoms. The van der Waals surface area contributed by atoms with Crippen molar-refractivity contribution < 1.29 is 4.79 Å². The summed E-state index contributed by atoms with van der Waals surface area (Å²) in [7, 11) is 1.87. The number of nitrogens with one attached hydrogen (secondary N) is 2. The lowest BCUT2D eigenvalue weighted by molar-refractivity contribution is 0.0941. The highest BCUT2D eigenvalue weighted by molar-refractivity contribution is 5.98. The van der Waals surface area contributed by atoms with Gasteiger partial charge in [0.05, 0.1) is 17.0 Å². The van der Waals surface area contributed by atoms with Gasteiger partial charge in [0.15, 0.2) is 5.65 Å². The first-order valence-electron chi connectivity index (χ1n) is 6.86. The van der Waals surface area contributed by atoms with Crippen molar-refractivity contribution in [3.8, 4) is 0 Å². The normalized spacial score (nSPS) is 15.3. The van der Waals surface area contributed by atoms with Gasteiger partial charge in [-0.3, -0.25) is 9.48 Å². The third kappa shape index (κ3) is 2.16. The number of aromatic nitrogens is 3. The van der Waals surface area contributed by atoms with Gasteiger partial charge >= 0.3 is 0 Å². The summed E-state index contributed by atoms with van der Waals surface area (Å²) < 4.78 is 1.75. The second-order valence-corrected chi connectivity index (χ2v) is 5.44. The van der Waals surface area contributed by atoms with Gasteiger partial charge in [-0.1, -0.05) is 0 Å². The molecule has 0 spiro atoms. The maximum atomic E-state index is 12.3. The van der Waals surface area contributed by atoms with Crippen LogP contribution in [0, 0.1) is 19.8 Å². The fourth-order valence-corrected chi connectivity index (χ4v) is 2.49. The van der Waals surface area contributed by atoms with Crippen LogP contribution >= 0.6 is 0 Å². The predicted octanol–water partition coefficient (Wildman–Crippen LogP) is 0.534. The van der Waals surface area contributed by atoms with Crippen LogP contribution in [0.5, 0.6) is 0 Å². The molecule has 0 aromatic carbocycles. The summed E-state index contributed by atoms with van der Waals surface area (Å²) in [4.78, 5) is 16.8. The van der Waals surface area contributed by atoms with Crippen LogP contribution in [0.2, 0.25) is 0 Å². The average Bonchev–Trinajstić information content (AvgIpc) is 2.61. The van der Waals surface area contributed by atoms with Gasteiger partial charge in [-0.05, 0) is 19.9 Å². The fraction of sp³-hybridized carbons (Fsp3) is 0.500. The summed E-state index contributed by atoms with van der Waals surface area (Å²) >= 11 is 0. The molecule has 1 aliphatic heterocycles. The van der Waals surface area contributed by atoms with E-state index < -0.39 is 0 Å². The minimum absolute atomic E-state index is 0.0490. The molecular weight excluding hydrogens is 254 g/mol. The van der Waals surface area contributed by atoms with Crippen LogP contribution in [0.3, 0.4) is 0 Å². The van der Waals surface area contributed by atoms with E-state index in [2.05, 4.69) is 20.7 Å². The molecular formula is C14H19N5O. The molecule has 1 amide bonds. The van der Waals surface area contributed by atoms with Crippen molar-refractivity contribution in [2.45, 2.75) is 13.8 Å². The summed E-state index contributed by atoms with van der Waals surface area (Å²) in [6.07, 6.45) is 0. The molecule has 6 heteroatoms. The average molecular weight is 273 g/mol. The highest BCUT2D eigenvalue weighted by Crippen LogP contribution is 2.19. The topological polar surface area (TPSA) is 71.8 Å². The molecule has 1 fully saturated rings. The first-order chi connectivity index (χ1) is 9.56. The van der Waals surface area contributed by atoms with Crippen molar-refractivity contribution in [2.24, 2.45) is 13.0 Å². The summed E-state index contributed by atoms with van der Waals surface area (Å²) in [6, 6.07) is 1.90. The van der Waals surface area contributed by atoms with Gasteiger partial charge in [0.2, 0.25) is 0 Å². The molecule has 0 bridgehead atoms. The Morgan fingerprint density at radius 3 is 2.85 bits per heavy atom. The van der Waals surface area contributed by atoms with Gasteiger partial charge in [0, 0.05) is 38.0 Å². The van der Waals surface area contributed by atoms with Crippen molar-refractivity contribution in [3.05, 3.63) is 23.0 Å². The SMILES string of the molecule is Cc1nc2c(cc1C(=O)NCC1CNC1)c(C)nn2C. The predicted molar refractivity (Wildman–Crippen MR) is 76.7 cm³/mol. The zero-order chi connectivity index (χ0) is 14.3. The van der Waals surface area contributed by atoms with E-state index in [0.29, 0.717) is 11.5 Å². The van der Waals surface area contributed by atoms with Gasteiger partial charge in [0.1, 0.15) is 0 Å². The molecule has 0 atom stereocenters. The van der Waals surface area contributed by atoms with E-state index in [4.69, 9.17) is 0 Å². The van der Waals surface area contributed by atoms with E-state index in [1.165, 1.54) is 0 Å². The van der Waals surface area contributed by atoms with Gasteiger partial charge in [-0.25, -0.2) is 4.98 Å². The van der Waals surface area contributed by atoms with Crippen LogP contribution < -0.4 is 10.6 Å². The Kier molecular flexibility index (Phi) is 3.17. The van der Waals surface area contributed by atoms with Gasteiger partial charge in [0.25, 0.3) is 5.91 Å². The first-order valence-corrected chi connectivity index (χ1v) is 6.86. The van der Waals surface area contributed by atoms with Gasteiger partial charge in [-0.2, -0.15) is 5.10 Å². The van der Waals surface area contributed by atoms with Crippen molar-refractivity contribution in [1.29, 1.82) is 0 Å². The Hall–Kier alpha value is -1.95. The van der Waals surface area contributed by atoms with Gasteiger partial charge < -0.3 is 10.6 Å². The third-order valence-electron chi connectivity index (χ3n) is 3.85. The molecule has 0 radical (unpaired) electrons. The van der Waals surface area contributed by atoms with E-state index in [0.717, 1.165) is 42.1 Å². The number of hydrogen-bond donors (Lipinski definition) is 2. The van der Waals surface area contributed by atoms with Crippen LogP contribution in [0.4, 0.5) is 0 Å². The van der Waals surface area contributed by atoms with E-state index in [1.807, 2.05) is 27.0 Å². The molecule has 2 N–H and O–H groups in total. The number of hydrogen-bond acceptors (Lipinski definition) is 4. The van der Waals surface area contributed by atoms with Crippen LogP contribution in [0.15, 0.2) is 6.07 Å². The number of aryl methyl sites for hydroxylation is 3. The monoisotopic (exact) mass is 273 g/mol. The zero-order valence-corrected chi connectivity index (χ0v) is 12.0. The van der Waals surface area contributed by atoms with Crippen molar-refractivity contribution in [2.75, 3.05) is 19.6 Å². The Bertz CT molecular complexity index is 672. The number of carbonyl (C=O) groups is 1. The second kappa shape index (κ2) is 4.86.